The quantitative estimate of drug-likeness (QED) is 0.327. The highest BCUT2D eigenvalue weighted by molar-refractivity contribution is 6.51. The van der Waals surface area contributed by atoms with Gasteiger partial charge < -0.3 is 9.84 Å². The van der Waals surface area contributed by atoms with E-state index in [0.717, 1.165) is 27.8 Å². The molecule has 1 saturated heterocycles. The van der Waals surface area contributed by atoms with Crippen LogP contribution in [0.5, 0.6) is 5.75 Å². The maximum absolute atomic E-state index is 13.4. The van der Waals surface area contributed by atoms with Gasteiger partial charge in [0.05, 0.1) is 24.3 Å². The standard InChI is InChI=1S/C28H27NO4/c1-16-8-6-10-20(13-16)24-23(25(30)22-15-18(3)12-19(4)27(22)33-5)26(31)28(32)29(24)21-11-7-9-17(2)14-21/h6-15,24,30H,1-5H3/b25-23+. The topological polar surface area (TPSA) is 66.8 Å². The van der Waals surface area contributed by atoms with Gasteiger partial charge in [0, 0.05) is 5.69 Å². The summed E-state index contributed by atoms with van der Waals surface area (Å²) in [5, 5.41) is 11.5. The van der Waals surface area contributed by atoms with E-state index in [1.165, 1.54) is 12.0 Å². The Kier molecular flexibility index (Phi) is 5.81. The van der Waals surface area contributed by atoms with Crippen LogP contribution in [0.4, 0.5) is 5.69 Å². The van der Waals surface area contributed by atoms with Gasteiger partial charge in [-0.15, -0.1) is 0 Å². The van der Waals surface area contributed by atoms with E-state index in [2.05, 4.69) is 0 Å². The normalized spacial score (nSPS) is 17.5. The number of amides is 1. The van der Waals surface area contributed by atoms with Crippen LogP contribution in [0.2, 0.25) is 0 Å². The summed E-state index contributed by atoms with van der Waals surface area (Å²) >= 11 is 0. The Morgan fingerprint density at radius 1 is 0.879 bits per heavy atom. The molecule has 1 aliphatic heterocycles. The minimum atomic E-state index is -0.766. The van der Waals surface area contributed by atoms with Gasteiger partial charge in [-0.25, -0.2) is 0 Å². The molecule has 1 atom stereocenters. The van der Waals surface area contributed by atoms with Crippen LogP contribution in [0.15, 0.2) is 66.2 Å². The summed E-state index contributed by atoms with van der Waals surface area (Å²) in [6.07, 6.45) is 0. The van der Waals surface area contributed by atoms with E-state index in [4.69, 9.17) is 4.74 Å². The van der Waals surface area contributed by atoms with Crippen molar-refractivity contribution >= 4 is 23.1 Å². The van der Waals surface area contributed by atoms with E-state index in [1.807, 2.05) is 76.2 Å². The Hall–Kier alpha value is -3.86. The van der Waals surface area contributed by atoms with Crippen molar-refractivity contribution in [2.45, 2.75) is 33.7 Å². The Morgan fingerprint density at radius 3 is 2.18 bits per heavy atom. The summed E-state index contributed by atoms with van der Waals surface area (Å²) < 4.78 is 5.56. The van der Waals surface area contributed by atoms with Gasteiger partial charge in [0.1, 0.15) is 11.5 Å². The van der Waals surface area contributed by atoms with E-state index >= 15 is 0 Å². The highest BCUT2D eigenvalue weighted by atomic mass is 16.5. The average molecular weight is 442 g/mol. The Labute approximate surface area is 193 Å². The molecule has 5 nitrogen and oxygen atoms in total. The first-order chi connectivity index (χ1) is 15.7. The molecule has 1 amide bonds. The molecule has 1 fully saturated rings. The molecule has 168 valence electrons. The highest BCUT2D eigenvalue weighted by Gasteiger charge is 2.47. The number of Topliss-reactive ketones (excluding diaryl/α,β-unsaturated/α-hetero) is 1. The fourth-order valence-corrected chi connectivity index (χ4v) is 4.58. The first kappa shape index (κ1) is 22.3. The molecule has 0 spiro atoms. The first-order valence-corrected chi connectivity index (χ1v) is 10.8. The van der Waals surface area contributed by atoms with Crippen molar-refractivity contribution in [1.82, 2.24) is 0 Å². The van der Waals surface area contributed by atoms with Crippen molar-refractivity contribution < 1.29 is 19.4 Å². The van der Waals surface area contributed by atoms with Crippen molar-refractivity contribution in [3.8, 4) is 5.75 Å². The number of ketones is 1. The fourth-order valence-electron chi connectivity index (χ4n) is 4.58. The van der Waals surface area contributed by atoms with E-state index in [1.54, 1.807) is 12.1 Å². The summed E-state index contributed by atoms with van der Waals surface area (Å²) in [6, 6.07) is 18.1. The SMILES string of the molecule is COc1c(C)cc(C)cc1/C(O)=C1\C(=O)C(=O)N(c2cccc(C)c2)C1c1cccc(C)c1. The zero-order valence-corrected chi connectivity index (χ0v) is 19.5. The summed E-state index contributed by atoms with van der Waals surface area (Å²) in [4.78, 5) is 28.2. The fraction of sp³-hybridized carbons (Fsp3) is 0.214. The van der Waals surface area contributed by atoms with E-state index in [0.29, 0.717) is 17.0 Å². The molecule has 0 saturated carbocycles. The van der Waals surface area contributed by atoms with Crippen LogP contribution in [-0.4, -0.2) is 23.9 Å². The van der Waals surface area contributed by atoms with Crippen LogP contribution >= 0.6 is 0 Å². The molecule has 0 radical (unpaired) electrons. The van der Waals surface area contributed by atoms with Gasteiger partial charge in [-0.05, 0) is 68.1 Å². The number of nitrogens with zero attached hydrogens (tertiary/aromatic N) is 1. The lowest BCUT2D eigenvalue weighted by molar-refractivity contribution is -0.132. The van der Waals surface area contributed by atoms with Gasteiger partial charge in [-0.2, -0.15) is 0 Å². The van der Waals surface area contributed by atoms with Crippen LogP contribution in [0.3, 0.4) is 0 Å². The number of aliphatic hydroxyl groups is 1. The third-order valence-corrected chi connectivity index (χ3v) is 5.96. The molecular formula is C28H27NO4. The van der Waals surface area contributed by atoms with Crippen LogP contribution in [0, 0.1) is 27.7 Å². The van der Waals surface area contributed by atoms with Gasteiger partial charge in [0.2, 0.25) is 0 Å². The molecule has 0 aromatic heterocycles. The van der Waals surface area contributed by atoms with Gasteiger partial charge in [-0.1, -0.05) is 48.0 Å². The van der Waals surface area contributed by atoms with Crippen LogP contribution in [0.25, 0.3) is 5.76 Å². The number of hydrogen-bond acceptors (Lipinski definition) is 4. The third kappa shape index (κ3) is 3.91. The minimum absolute atomic E-state index is 0.0513. The number of methoxy groups -OCH3 is 1. The first-order valence-electron chi connectivity index (χ1n) is 10.8. The smallest absolute Gasteiger partial charge is 0.300 e. The van der Waals surface area contributed by atoms with Crippen molar-refractivity contribution in [2.24, 2.45) is 0 Å². The zero-order valence-electron chi connectivity index (χ0n) is 19.5. The summed E-state index contributed by atoms with van der Waals surface area (Å²) in [5.41, 5.74) is 5.51. The molecule has 1 unspecified atom stereocenters. The molecule has 4 rings (SSSR count). The lowest BCUT2D eigenvalue weighted by atomic mass is 9.93. The van der Waals surface area contributed by atoms with Crippen molar-refractivity contribution in [3.63, 3.8) is 0 Å². The Morgan fingerprint density at radius 2 is 1.55 bits per heavy atom. The molecule has 1 aliphatic rings. The maximum Gasteiger partial charge on any atom is 0.300 e. The van der Waals surface area contributed by atoms with Crippen molar-refractivity contribution in [1.29, 1.82) is 0 Å². The summed E-state index contributed by atoms with van der Waals surface area (Å²) in [7, 11) is 1.53. The third-order valence-electron chi connectivity index (χ3n) is 5.96. The molecule has 1 heterocycles. The molecule has 0 bridgehead atoms. The van der Waals surface area contributed by atoms with Crippen LogP contribution in [-0.2, 0) is 9.59 Å². The second-order valence-corrected chi connectivity index (χ2v) is 8.58. The van der Waals surface area contributed by atoms with Gasteiger partial charge in [0.15, 0.2) is 0 Å². The molecule has 3 aromatic carbocycles. The highest BCUT2D eigenvalue weighted by Crippen LogP contribution is 2.44. The van der Waals surface area contributed by atoms with Gasteiger partial charge in [0.25, 0.3) is 11.7 Å². The molecule has 3 aromatic rings. The number of rotatable bonds is 4. The molecule has 33 heavy (non-hydrogen) atoms. The van der Waals surface area contributed by atoms with Crippen molar-refractivity contribution in [3.05, 3.63) is 99.6 Å². The zero-order chi connectivity index (χ0) is 23.9. The summed E-state index contributed by atoms with van der Waals surface area (Å²) in [5.74, 6) is -1.15. The van der Waals surface area contributed by atoms with Gasteiger partial charge >= 0.3 is 0 Å². The summed E-state index contributed by atoms with van der Waals surface area (Å²) in [6.45, 7) is 7.68. The maximum atomic E-state index is 13.4. The Balaban J connectivity index is 2.02. The number of benzene rings is 3. The van der Waals surface area contributed by atoms with Crippen LogP contribution < -0.4 is 9.64 Å². The largest absolute Gasteiger partial charge is 0.507 e. The van der Waals surface area contributed by atoms with E-state index in [9.17, 15) is 14.7 Å². The molecular weight excluding hydrogens is 414 g/mol. The van der Waals surface area contributed by atoms with Crippen molar-refractivity contribution in [2.75, 3.05) is 12.0 Å². The Bertz CT molecular complexity index is 1300. The van der Waals surface area contributed by atoms with Gasteiger partial charge in [-0.3, -0.25) is 14.5 Å². The van der Waals surface area contributed by atoms with Crippen LogP contribution in [0.1, 0.15) is 39.4 Å². The predicted molar refractivity (Wildman–Crippen MR) is 130 cm³/mol. The second kappa shape index (κ2) is 8.58. The average Bonchev–Trinajstić information content (AvgIpc) is 3.03. The molecule has 0 aliphatic carbocycles. The number of ether oxygens (including phenoxy) is 1. The minimum Gasteiger partial charge on any atom is -0.507 e. The predicted octanol–water partition coefficient (Wildman–Crippen LogP) is 5.56. The number of carbonyl (C=O) groups excluding carboxylic acids is 2. The lowest BCUT2D eigenvalue weighted by Gasteiger charge is -2.26. The molecule has 5 heteroatoms. The lowest BCUT2D eigenvalue weighted by Crippen LogP contribution is -2.29. The second-order valence-electron chi connectivity index (χ2n) is 8.58. The number of anilines is 1. The number of carbonyl (C=O) groups is 2. The monoisotopic (exact) mass is 441 g/mol. The van der Waals surface area contributed by atoms with E-state index in [-0.39, 0.29) is 11.3 Å². The number of aliphatic hydroxyl groups excluding tert-OH is 1. The number of aryl methyl sites for hydroxylation is 4. The number of hydrogen-bond donors (Lipinski definition) is 1. The molecule has 1 N–H and O–H groups in total. The van der Waals surface area contributed by atoms with E-state index < -0.39 is 17.7 Å².